The third-order valence-electron chi connectivity index (χ3n) is 2.74. The normalized spacial score (nSPS) is 25.2. The van der Waals surface area contributed by atoms with Gasteiger partial charge in [-0.15, -0.1) is 0 Å². The van der Waals surface area contributed by atoms with Crippen molar-refractivity contribution in [2.45, 2.75) is 17.8 Å². The quantitative estimate of drug-likeness (QED) is 0.705. The van der Waals surface area contributed by atoms with Gasteiger partial charge in [0, 0.05) is 13.1 Å². The Morgan fingerprint density at radius 3 is 2.56 bits per heavy atom. The van der Waals surface area contributed by atoms with Crippen LogP contribution in [-0.4, -0.2) is 47.9 Å². The number of nitrogens with zero attached hydrogens (tertiary/aromatic N) is 3. The molecule has 1 aromatic rings. The van der Waals surface area contributed by atoms with Crippen LogP contribution in [0.15, 0.2) is 12.4 Å². The van der Waals surface area contributed by atoms with E-state index < -0.39 is 27.2 Å². The van der Waals surface area contributed by atoms with Crippen molar-refractivity contribution in [2.75, 3.05) is 18.0 Å². The molecule has 0 saturated carbocycles. The number of β-amino-alcohol motifs (C(OH)–C–C–N with tert-alkyl or cyclic N) is 1. The monoisotopic (exact) mass is 276 g/mol. The van der Waals surface area contributed by atoms with Gasteiger partial charge in [0.05, 0.1) is 23.7 Å². The third-order valence-corrected chi connectivity index (χ3v) is 4.02. The van der Waals surface area contributed by atoms with Gasteiger partial charge in [0.2, 0.25) is 16.0 Å². The van der Waals surface area contributed by atoms with Crippen LogP contribution in [0.2, 0.25) is 0 Å². The molecule has 18 heavy (non-hydrogen) atoms. The number of aromatic nitrogens is 2. The van der Waals surface area contributed by atoms with Gasteiger partial charge in [-0.25, -0.2) is 27.9 Å². The molecule has 0 unspecified atom stereocenters. The lowest BCUT2D eigenvalue weighted by Gasteiger charge is -2.34. The smallest absolute Gasteiger partial charge is 0.225 e. The van der Waals surface area contributed by atoms with E-state index in [1.807, 2.05) is 0 Å². The summed E-state index contributed by atoms with van der Waals surface area (Å²) in [7, 11) is -3.74. The van der Waals surface area contributed by atoms with E-state index in [1.54, 1.807) is 0 Å². The fourth-order valence-electron chi connectivity index (χ4n) is 1.90. The number of aliphatic hydroxyl groups excluding tert-OH is 1. The van der Waals surface area contributed by atoms with Gasteiger partial charge < -0.3 is 10.0 Å². The summed E-state index contributed by atoms with van der Waals surface area (Å²) in [4.78, 5) is 8.97. The molecule has 0 bridgehead atoms. The molecule has 0 aromatic carbocycles. The highest BCUT2D eigenvalue weighted by molar-refractivity contribution is 7.89. The van der Waals surface area contributed by atoms with Gasteiger partial charge in [-0.1, -0.05) is 0 Å². The SMILES string of the molecule is NS(=O)(=O)[C@@H]1C[C@H](O)CN(c2ncc(F)cn2)C1. The standard InChI is InChI=1S/C9H13FN4O3S/c10-6-2-12-9(13-3-6)14-4-7(15)1-8(5-14)18(11,16)17/h2-3,7-8,15H,1,4-5H2,(H2,11,16,17)/t7-,8+/m0/s1. The molecule has 2 heterocycles. The average molecular weight is 276 g/mol. The maximum absolute atomic E-state index is 12.7. The molecule has 1 aliphatic heterocycles. The third kappa shape index (κ3) is 2.92. The Hall–Kier alpha value is -1.32. The number of aliphatic hydroxyl groups is 1. The van der Waals surface area contributed by atoms with Gasteiger partial charge in [0.15, 0.2) is 5.82 Å². The lowest BCUT2D eigenvalue weighted by molar-refractivity contribution is 0.154. The molecule has 1 saturated heterocycles. The second-order valence-electron chi connectivity index (χ2n) is 4.21. The summed E-state index contributed by atoms with van der Waals surface area (Å²) in [5.41, 5.74) is 0. The molecule has 3 N–H and O–H groups in total. The highest BCUT2D eigenvalue weighted by Crippen LogP contribution is 2.19. The van der Waals surface area contributed by atoms with Crippen molar-refractivity contribution in [3.63, 3.8) is 0 Å². The molecular formula is C9H13FN4O3S. The second kappa shape index (κ2) is 4.75. The molecule has 9 heteroatoms. The van der Waals surface area contributed by atoms with Crippen molar-refractivity contribution in [1.82, 2.24) is 9.97 Å². The summed E-state index contributed by atoms with van der Waals surface area (Å²) in [5, 5.41) is 13.8. The molecule has 0 aliphatic carbocycles. The number of sulfonamides is 1. The minimum absolute atomic E-state index is 0.0799. The molecule has 1 aliphatic rings. The number of hydrogen-bond acceptors (Lipinski definition) is 6. The predicted molar refractivity (Wildman–Crippen MR) is 61.7 cm³/mol. The fourth-order valence-corrected chi connectivity index (χ4v) is 2.78. The predicted octanol–water partition coefficient (Wildman–Crippen LogP) is -1.16. The first-order valence-electron chi connectivity index (χ1n) is 5.28. The molecule has 1 aromatic heterocycles. The van der Waals surface area contributed by atoms with E-state index in [0.29, 0.717) is 0 Å². The van der Waals surface area contributed by atoms with Crippen LogP contribution in [0.3, 0.4) is 0 Å². The highest BCUT2D eigenvalue weighted by Gasteiger charge is 2.33. The van der Waals surface area contributed by atoms with Crippen molar-refractivity contribution in [2.24, 2.45) is 5.14 Å². The van der Waals surface area contributed by atoms with E-state index in [4.69, 9.17) is 5.14 Å². The van der Waals surface area contributed by atoms with Crippen molar-refractivity contribution in [3.05, 3.63) is 18.2 Å². The molecule has 100 valence electrons. The van der Waals surface area contributed by atoms with Gasteiger partial charge in [-0.3, -0.25) is 0 Å². The minimum Gasteiger partial charge on any atom is -0.391 e. The summed E-state index contributed by atoms with van der Waals surface area (Å²) in [6, 6.07) is 0. The molecule has 1 fully saturated rings. The Morgan fingerprint density at radius 2 is 2.00 bits per heavy atom. The Labute approximate surface area is 104 Å². The second-order valence-corrected chi connectivity index (χ2v) is 6.05. The largest absolute Gasteiger partial charge is 0.391 e. The van der Waals surface area contributed by atoms with Gasteiger partial charge in [-0.05, 0) is 6.42 Å². The Morgan fingerprint density at radius 1 is 1.39 bits per heavy atom. The summed E-state index contributed by atoms with van der Waals surface area (Å²) in [6.45, 7) is 0.277. The average Bonchev–Trinajstić information content (AvgIpc) is 2.28. The summed E-state index contributed by atoms with van der Waals surface area (Å²) in [6.07, 6.45) is 1.21. The van der Waals surface area contributed by atoms with E-state index in [0.717, 1.165) is 12.4 Å². The lowest BCUT2D eigenvalue weighted by Crippen LogP contribution is -2.50. The number of piperidine rings is 1. The van der Waals surface area contributed by atoms with Crippen molar-refractivity contribution in [1.29, 1.82) is 0 Å². The topological polar surface area (TPSA) is 109 Å². The van der Waals surface area contributed by atoms with Gasteiger partial charge >= 0.3 is 0 Å². The zero-order valence-corrected chi connectivity index (χ0v) is 10.2. The number of rotatable bonds is 2. The first-order valence-corrected chi connectivity index (χ1v) is 6.89. The maximum atomic E-state index is 12.7. The van der Waals surface area contributed by atoms with Crippen LogP contribution >= 0.6 is 0 Å². The first-order chi connectivity index (χ1) is 8.36. The number of hydrogen-bond donors (Lipinski definition) is 2. The number of halogens is 1. The Balaban J connectivity index is 2.21. The van der Waals surface area contributed by atoms with Crippen LogP contribution in [0, 0.1) is 5.82 Å². The minimum atomic E-state index is -3.74. The van der Waals surface area contributed by atoms with E-state index >= 15 is 0 Å². The van der Waals surface area contributed by atoms with Gasteiger partial charge in [-0.2, -0.15) is 0 Å². The molecule has 0 spiro atoms. The summed E-state index contributed by atoms with van der Waals surface area (Å²) >= 11 is 0. The van der Waals surface area contributed by atoms with Gasteiger partial charge in [0.25, 0.3) is 0 Å². The molecule has 0 radical (unpaired) electrons. The zero-order chi connectivity index (χ0) is 13.3. The molecule has 0 amide bonds. The molecule has 2 atom stereocenters. The molecule has 2 rings (SSSR count). The van der Waals surface area contributed by atoms with E-state index in [1.165, 1.54) is 4.90 Å². The number of nitrogens with two attached hydrogens (primary N) is 1. The van der Waals surface area contributed by atoms with Crippen molar-refractivity contribution < 1.29 is 17.9 Å². The number of primary sulfonamides is 1. The Bertz CT molecular complexity index is 521. The van der Waals surface area contributed by atoms with E-state index in [-0.39, 0.29) is 25.5 Å². The maximum Gasteiger partial charge on any atom is 0.225 e. The molecular weight excluding hydrogens is 263 g/mol. The first kappa shape index (κ1) is 13.1. The summed E-state index contributed by atoms with van der Waals surface area (Å²) in [5.74, 6) is -0.414. The van der Waals surface area contributed by atoms with Crippen molar-refractivity contribution in [3.8, 4) is 0 Å². The van der Waals surface area contributed by atoms with Crippen LogP contribution in [0.25, 0.3) is 0 Å². The zero-order valence-electron chi connectivity index (χ0n) is 9.40. The fraction of sp³-hybridized carbons (Fsp3) is 0.556. The molecule has 7 nitrogen and oxygen atoms in total. The highest BCUT2D eigenvalue weighted by atomic mass is 32.2. The van der Waals surface area contributed by atoms with Crippen molar-refractivity contribution >= 4 is 16.0 Å². The van der Waals surface area contributed by atoms with Crippen LogP contribution in [0.4, 0.5) is 10.3 Å². The Kier molecular flexibility index (Phi) is 3.46. The van der Waals surface area contributed by atoms with Crippen LogP contribution in [0.1, 0.15) is 6.42 Å². The summed E-state index contributed by atoms with van der Waals surface area (Å²) < 4.78 is 35.3. The lowest BCUT2D eigenvalue weighted by atomic mass is 10.1. The van der Waals surface area contributed by atoms with Crippen LogP contribution in [0.5, 0.6) is 0 Å². The van der Waals surface area contributed by atoms with E-state index in [9.17, 15) is 17.9 Å². The van der Waals surface area contributed by atoms with Crippen LogP contribution < -0.4 is 10.0 Å². The van der Waals surface area contributed by atoms with Crippen LogP contribution in [-0.2, 0) is 10.0 Å². The number of anilines is 1. The van der Waals surface area contributed by atoms with E-state index in [2.05, 4.69) is 9.97 Å². The van der Waals surface area contributed by atoms with Gasteiger partial charge in [0.1, 0.15) is 0 Å².